The van der Waals surface area contributed by atoms with Crippen LogP contribution in [-0.2, 0) is 19.3 Å². The first kappa shape index (κ1) is 14.9. The summed E-state index contributed by atoms with van der Waals surface area (Å²) in [5.41, 5.74) is 4.34. The van der Waals surface area contributed by atoms with Gasteiger partial charge in [0.2, 0.25) is 0 Å². The molecule has 0 unspecified atom stereocenters. The molecule has 1 N–H and O–H groups in total. The second-order valence-corrected chi connectivity index (χ2v) is 4.97. The summed E-state index contributed by atoms with van der Waals surface area (Å²) in [6.07, 6.45) is 2.79. The fraction of sp³-hybridized carbons (Fsp3) is 0.625. The Balaban J connectivity index is 3.57. The molecule has 0 amide bonds. The number of aromatic hydroxyl groups is 1. The molecule has 0 aromatic heterocycles. The van der Waals surface area contributed by atoms with Gasteiger partial charge in [-0.25, -0.2) is 0 Å². The maximum absolute atomic E-state index is 10.3. The Morgan fingerprint density at radius 1 is 0.944 bits per heavy atom. The number of phenolic OH excluding ortho intramolecular Hbond substituents is 1. The van der Waals surface area contributed by atoms with Crippen molar-refractivity contribution >= 4 is 0 Å². The van der Waals surface area contributed by atoms with Crippen molar-refractivity contribution in [3.05, 3.63) is 22.3 Å². The molecular weight excluding hydrogens is 224 g/mol. The lowest BCUT2D eigenvalue weighted by Crippen LogP contribution is -2.12. The first-order chi connectivity index (χ1) is 8.47. The lowest BCUT2D eigenvalue weighted by molar-refractivity contribution is 0.237. The third kappa shape index (κ3) is 2.63. The van der Waals surface area contributed by atoms with E-state index >= 15 is 0 Å². The van der Waals surface area contributed by atoms with Gasteiger partial charge in [-0.2, -0.15) is 0 Å². The quantitative estimate of drug-likeness (QED) is 0.849. The fourth-order valence-corrected chi connectivity index (χ4v) is 2.56. The number of benzene rings is 1. The van der Waals surface area contributed by atoms with E-state index in [1.165, 1.54) is 5.56 Å². The summed E-state index contributed by atoms with van der Waals surface area (Å²) in [5, 5.41) is 10.3. The van der Waals surface area contributed by atoms with Crippen molar-refractivity contribution in [1.29, 1.82) is 0 Å². The lowest BCUT2D eigenvalue weighted by atomic mass is 9.92. The minimum Gasteiger partial charge on any atom is -0.507 e. The summed E-state index contributed by atoms with van der Waals surface area (Å²) in [6.45, 7) is 12.4. The van der Waals surface area contributed by atoms with Crippen LogP contribution in [0.4, 0.5) is 0 Å². The van der Waals surface area contributed by atoms with Gasteiger partial charge in [0.05, 0.1) is 6.10 Å². The van der Waals surface area contributed by atoms with E-state index < -0.39 is 0 Å². The average molecular weight is 250 g/mol. The van der Waals surface area contributed by atoms with E-state index in [4.69, 9.17) is 4.74 Å². The molecule has 0 fully saturated rings. The van der Waals surface area contributed by atoms with Gasteiger partial charge in [-0.15, -0.1) is 0 Å². The normalized spacial score (nSPS) is 11.1. The minimum absolute atomic E-state index is 0.161. The van der Waals surface area contributed by atoms with Crippen molar-refractivity contribution in [1.82, 2.24) is 0 Å². The summed E-state index contributed by atoms with van der Waals surface area (Å²) in [7, 11) is 0. The number of ether oxygens (including phenoxy) is 1. The Morgan fingerprint density at radius 3 is 1.83 bits per heavy atom. The zero-order valence-corrected chi connectivity index (χ0v) is 12.6. The molecule has 1 rings (SSSR count). The van der Waals surface area contributed by atoms with Gasteiger partial charge in [0.1, 0.15) is 11.5 Å². The molecule has 0 radical (unpaired) electrons. The first-order valence-corrected chi connectivity index (χ1v) is 7.00. The monoisotopic (exact) mass is 250 g/mol. The van der Waals surface area contributed by atoms with Crippen molar-refractivity contribution < 1.29 is 9.84 Å². The third-order valence-corrected chi connectivity index (χ3v) is 3.42. The molecule has 0 heterocycles. The molecule has 1 aromatic rings. The van der Waals surface area contributed by atoms with Crippen molar-refractivity contribution in [3.63, 3.8) is 0 Å². The van der Waals surface area contributed by atoms with Gasteiger partial charge < -0.3 is 9.84 Å². The molecule has 2 nitrogen and oxygen atoms in total. The van der Waals surface area contributed by atoms with E-state index in [0.717, 1.165) is 41.7 Å². The van der Waals surface area contributed by atoms with Crippen molar-refractivity contribution in [2.45, 2.75) is 66.9 Å². The Hall–Kier alpha value is -1.18. The summed E-state index contributed by atoms with van der Waals surface area (Å²) in [5.74, 6) is 1.46. The van der Waals surface area contributed by atoms with Gasteiger partial charge in [-0.1, -0.05) is 20.8 Å². The van der Waals surface area contributed by atoms with Crippen LogP contribution in [0.25, 0.3) is 0 Å². The molecule has 0 aliphatic heterocycles. The molecule has 0 bridgehead atoms. The largest absolute Gasteiger partial charge is 0.507 e. The Bertz CT molecular complexity index is 420. The number of hydrogen-bond acceptors (Lipinski definition) is 2. The number of phenols is 1. The molecule has 102 valence electrons. The highest BCUT2D eigenvalue weighted by Crippen LogP contribution is 2.39. The summed E-state index contributed by atoms with van der Waals surface area (Å²) in [4.78, 5) is 0. The second-order valence-electron chi connectivity index (χ2n) is 4.97. The maximum Gasteiger partial charge on any atom is 0.126 e. The highest BCUT2D eigenvalue weighted by atomic mass is 16.5. The molecule has 2 heteroatoms. The first-order valence-electron chi connectivity index (χ1n) is 7.00. The van der Waals surface area contributed by atoms with Crippen molar-refractivity contribution in [3.8, 4) is 11.5 Å². The smallest absolute Gasteiger partial charge is 0.126 e. The minimum atomic E-state index is 0.161. The van der Waals surface area contributed by atoms with Gasteiger partial charge in [-0.05, 0) is 45.6 Å². The Kier molecular flexibility index (Phi) is 5.06. The lowest BCUT2D eigenvalue weighted by Gasteiger charge is -2.23. The van der Waals surface area contributed by atoms with Crippen LogP contribution in [-0.4, -0.2) is 11.2 Å². The van der Waals surface area contributed by atoms with Crippen LogP contribution in [0, 0.1) is 6.92 Å². The van der Waals surface area contributed by atoms with Crippen LogP contribution >= 0.6 is 0 Å². The summed E-state index contributed by atoms with van der Waals surface area (Å²) < 4.78 is 6.03. The predicted octanol–water partition coefficient (Wildman–Crippen LogP) is 4.18. The maximum atomic E-state index is 10.3. The second kappa shape index (κ2) is 6.12. The molecule has 1 aromatic carbocycles. The molecule has 0 atom stereocenters. The van der Waals surface area contributed by atoms with E-state index in [1.54, 1.807) is 0 Å². The highest BCUT2D eigenvalue weighted by molar-refractivity contribution is 5.58. The van der Waals surface area contributed by atoms with Crippen LogP contribution in [0.1, 0.15) is 56.9 Å². The van der Waals surface area contributed by atoms with Crippen molar-refractivity contribution in [2.24, 2.45) is 0 Å². The summed E-state index contributed by atoms with van der Waals surface area (Å²) in [6, 6.07) is 0. The SMILES string of the molecule is CCc1c(O)c(C)c(CC)c(OC(C)C)c1CC. The molecule has 18 heavy (non-hydrogen) atoms. The molecule has 0 aliphatic carbocycles. The van der Waals surface area contributed by atoms with Crippen LogP contribution in [0.2, 0.25) is 0 Å². The average Bonchev–Trinajstić information content (AvgIpc) is 2.33. The zero-order chi connectivity index (χ0) is 13.9. The van der Waals surface area contributed by atoms with Gasteiger partial charge >= 0.3 is 0 Å². The van der Waals surface area contributed by atoms with Gasteiger partial charge in [0, 0.05) is 16.7 Å². The van der Waals surface area contributed by atoms with E-state index in [9.17, 15) is 5.11 Å². The van der Waals surface area contributed by atoms with Gasteiger partial charge in [0.25, 0.3) is 0 Å². The number of rotatable bonds is 5. The number of hydrogen-bond donors (Lipinski definition) is 1. The van der Waals surface area contributed by atoms with Crippen LogP contribution < -0.4 is 4.74 Å². The molecular formula is C16H26O2. The van der Waals surface area contributed by atoms with E-state index in [-0.39, 0.29) is 6.10 Å². The van der Waals surface area contributed by atoms with Crippen LogP contribution in [0.5, 0.6) is 11.5 Å². The zero-order valence-electron chi connectivity index (χ0n) is 12.6. The van der Waals surface area contributed by atoms with Crippen molar-refractivity contribution in [2.75, 3.05) is 0 Å². The standard InChI is InChI=1S/C16H26O2/c1-7-12-11(6)15(17)13(8-2)14(9-3)16(12)18-10(4)5/h10,17H,7-9H2,1-6H3. The fourth-order valence-electron chi connectivity index (χ4n) is 2.56. The molecule has 0 saturated heterocycles. The van der Waals surface area contributed by atoms with Crippen LogP contribution in [0.3, 0.4) is 0 Å². The summed E-state index contributed by atoms with van der Waals surface area (Å²) >= 11 is 0. The predicted molar refractivity (Wildman–Crippen MR) is 76.7 cm³/mol. The van der Waals surface area contributed by atoms with E-state index in [2.05, 4.69) is 20.8 Å². The highest BCUT2D eigenvalue weighted by Gasteiger charge is 2.20. The third-order valence-electron chi connectivity index (χ3n) is 3.42. The molecule has 0 spiro atoms. The van der Waals surface area contributed by atoms with Crippen LogP contribution in [0.15, 0.2) is 0 Å². The van der Waals surface area contributed by atoms with E-state index in [1.807, 2.05) is 20.8 Å². The van der Waals surface area contributed by atoms with E-state index in [0.29, 0.717) is 5.75 Å². The van der Waals surface area contributed by atoms with Gasteiger partial charge in [0.15, 0.2) is 0 Å². The van der Waals surface area contributed by atoms with Gasteiger partial charge in [-0.3, -0.25) is 0 Å². The molecule has 0 saturated carbocycles. The Morgan fingerprint density at radius 2 is 1.44 bits per heavy atom. The topological polar surface area (TPSA) is 29.5 Å². The molecule has 0 aliphatic rings. The Labute approximate surface area is 111 Å².